The molecule has 220 valence electrons. The summed E-state index contributed by atoms with van der Waals surface area (Å²) in [6, 6.07) is 15.3. The smallest absolute Gasteiger partial charge is 0.337 e. The van der Waals surface area contributed by atoms with Crippen LogP contribution in [0.25, 0.3) is 0 Å². The maximum atomic E-state index is 14.0. The first kappa shape index (κ1) is 28.1. The molecule has 2 aromatic carbocycles. The maximum Gasteiger partial charge on any atom is 0.337 e. The van der Waals surface area contributed by atoms with Gasteiger partial charge in [-0.2, -0.15) is 0 Å². The number of nitrogens with one attached hydrogen (secondary N) is 1. The summed E-state index contributed by atoms with van der Waals surface area (Å²) >= 11 is 5.81. The molecule has 2 saturated heterocycles. The first-order valence-corrected chi connectivity index (χ1v) is 14.4. The predicted octanol–water partition coefficient (Wildman–Crippen LogP) is 5.60. The largest absolute Gasteiger partial charge is 0.484 e. The number of hydrogen-bond donors (Lipinski definition) is 1. The van der Waals surface area contributed by atoms with Crippen LogP contribution in [0.5, 0.6) is 11.6 Å². The van der Waals surface area contributed by atoms with Crippen molar-refractivity contribution in [3.8, 4) is 11.6 Å². The van der Waals surface area contributed by atoms with E-state index in [0.29, 0.717) is 28.7 Å². The number of benzene rings is 2. The van der Waals surface area contributed by atoms with E-state index in [1.165, 1.54) is 19.2 Å². The lowest BCUT2D eigenvalue weighted by molar-refractivity contribution is -0.0437. The predicted molar refractivity (Wildman–Crippen MR) is 156 cm³/mol. The normalized spacial score (nSPS) is 19.2. The van der Waals surface area contributed by atoms with Crippen molar-refractivity contribution in [1.29, 1.82) is 0 Å². The number of fused-ring (bicyclic) bond motifs is 1. The van der Waals surface area contributed by atoms with Crippen molar-refractivity contribution >= 4 is 28.9 Å². The van der Waals surface area contributed by atoms with Gasteiger partial charge in [-0.3, -0.25) is 0 Å². The number of likely N-dealkylation sites (tertiary alicyclic amines) is 1. The van der Waals surface area contributed by atoms with Crippen molar-refractivity contribution in [2.75, 3.05) is 43.6 Å². The van der Waals surface area contributed by atoms with Crippen LogP contribution in [0.1, 0.15) is 35.3 Å². The Balaban J connectivity index is 1.06. The Labute approximate surface area is 248 Å². The van der Waals surface area contributed by atoms with E-state index in [2.05, 4.69) is 26.3 Å². The summed E-state index contributed by atoms with van der Waals surface area (Å²) in [7, 11) is 1.39. The van der Waals surface area contributed by atoms with Crippen LogP contribution in [0.15, 0.2) is 66.6 Å². The van der Waals surface area contributed by atoms with Crippen molar-refractivity contribution < 1.29 is 28.1 Å². The molecule has 42 heavy (non-hydrogen) atoms. The third kappa shape index (κ3) is 6.39. The first-order chi connectivity index (χ1) is 20.4. The molecule has 0 radical (unpaired) electrons. The van der Waals surface area contributed by atoms with Gasteiger partial charge < -0.3 is 34.1 Å². The highest BCUT2D eigenvalue weighted by atomic mass is 35.5. The van der Waals surface area contributed by atoms with Crippen LogP contribution in [0.2, 0.25) is 5.02 Å². The summed E-state index contributed by atoms with van der Waals surface area (Å²) in [6.45, 7) is 3.21. The minimum atomic E-state index is -0.515. The average Bonchev–Trinajstić information content (AvgIpc) is 3.31. The van der Waals surface area contributed by atoms with Crippen molar-refractivity contribution in [3.05, 3.63) is 88.7 Å². The van der Waals surface area contributed by atoms with Crippen LogP contribution in [-0.2, 0) is 16.1 Å². The lowest BCUT2D eigenvalue weighted by Crippen LogP contribution is -2.40. The number of ether oxygens (including phenoxy) is 4. The summed E-state index contributed by atoms with van der Waals surface area (Å²) in [4.78, 5) is 21.2. The second-order valence-corrected chi connectivity index (χ2v) is 10.9. The second-order valence-electron chi connectivity index (χ2n) is 10.4. The molecule has 4 heterocycles. The highest BCUT2D eigenvalue weighted by Gasteiger charge is 2.31. The van der Waals surface area contributed by atoms with Gasteiger partial charge in [-0.25, -0.2) is 14.2 Å². The summed E-state index contributed by atoms with van der Waals surface area (Å²) in [5, 5.41) is 3.83. The van der Waals surface area contributed by atoms with Crippen molar-refractivity contribution in [3.63, 3.8) is 0 Å². The quantitative estimate of drug-likeness (QED) is 0.318. The molecule has 9 nitrogen and oxygen atoms in total. The van der Waals surface area contributed by atoms with E-state index in [4.69, 9.17) is 30.5 Å². The van der Waals surface area contributed by atoms with Crippen LogP contribution < -0.4 is 19.7 Å². The molecule has 3 aromatic rings. The second kappa shape index (κ2) is 12.5. The van der Waals surface area contributed by atoms with Gasteiger partial charge in [0.2, 0.25) is 5.88 Å². The van der Waals surface area contributed by atoms with Crippen molar-refractivity contribution in [2.24, 2.45) is 0 Å². The zero-order chi connectivity index (χ0) is 29.1. The monoisotopic (exact) mass is 594 g/mol. The molecule has 1 atom stereocenters. The Hall–Kier alpha value is -4.02. The molecule has 0 amide bonds. The summed E-state index contributed by atoms with van der Waals surface area (Å²) < 4.78 is 36.5. The number of hydrogen-bond acceptors (Lipinski definition) is 9. The van der Waals surface area contributed by atoms with Crippen LogP contribution in [0, 0.1) is 5.82 Å². The van der Waals surface area contributed by atoms with Crippen molar-refractivity contribution in [1.82, 2.24) is 9.88 Å². The maximum absolute atomic E-state index is 14.0. The molecule has 2 fully saturated rings. The molecule has 11 heteroatoms. The molecule has 0 aliphatic carbocycles. The lowest BCUT2D eigenvalue weighted by atomic mass is 10.1. The molecule has 0 unspecified atom stereocenters. The van der Waals surface area contributed by atoms with E-state index in [0.717, 1.165) is 56.2 Å². The molecule has 3 aliphatic heterocycles. The number of carbonyl (C=O) groups is 1. The van der Waals surface area contributed by atoms with Gasteiger partial charge in [0, 0.05) is 49.8 Å². The van der Waals surface area contributed by atoms with Crippen LogP contribution in [-0.4, -0.2) is 61.4 Å². The number of piperidine rings is 1. The molecule has 1 N–H and O–H groups in total. The minimum Gasteiger partial charge on any atom is -0.484 e. The average molecular weight is 595 g/mol. The van der Waals surface area contributed by atoms with Crippen LogP contribution >= 0.6 is 11.6 Å². The molecule has 1 aromatic heterocycles. The van der Waals surface area contributed by atoms with E-state index in [-0.39, 0.29) is 30.5 Å². The first-order valence-electron chi connectivity index (χ1n) is 14.0. The lowest BCUT2D eigenvalue weighted by Gasteiger charge is -2.34. The molecular weight excluding hydrogens is 563 g/mol. The number of esters is 1. The van der Waals surface area contributed by atoms with Gasteiger partial charge in [-0.15, -0.1) is 0 Å². The van der Waals surface area contributed by atoms with Crippen LogP contribution in [0.4, 0.5) is 15.8 Å². The Morgan fingerprint density at radius 2 is 2.00 bits per heavy atom. The number of aromatic nitrogens is 1. The van der Waals surface area contributed by atoms with Gasteiger partial charge in [0.1, 0.15) is 18.5 Å². The van der Waals surface area contributed by atoms with E-state index < -0.39 is 5.82 Å². The molecule has 0 spiro atoms. The number of carbonyl (C=O) groups excluding carboxylic acids is 1. The number of halogens is 2. The number of nitrogens with zero attached hydrogens (tertiary/aromatic N) is 3. The van der Waals surface area contributed by atoms with E-state index in [9.17, 15) is 9.18 Å². The Bertz CT molecular complexity index is 1480. The number of rotatable bonds is 9. The minimum absolute atomic E-state index is 0.0212. The number of anilines is 2. The standard InChI is InChI=1S/C31H32ClFN4O5/c1-39-31(38)20-5-7-26-27(15-20)37(17-24-11-14-40-24)29(35-26)18-36-12-9-23(10-13-36)42-30-4-2-3-22(34-30)19-41-28-8-6-21(32)16-25(28)33/h2-8,15-16,18,23-24,35H,9-14,17,19H2,1H3/t24-/m0/s1. The Morgan fingerprint density at radius 3 is 2.74 bits per heavy atom. The summed E-state index contributed by atoms with van der Waals surface area (Å²) in [5.74, 6) is 0.717. The topological polar surface area (TPSA) is 85.4 Å². The Morgan fingerprint density at radius 1 is 1.17 bits per heavy atom. The highest BCUT2D eigenvalue weighted by Crippen LogP contribution is 2.38. The van der Waals surface area contributed by atoms with Gasteiger partial charge >= 0.3 is 5.97 Å². The zero-order valence-corrected chi connectivity index (χ0v) is 24.0. The fourth-order valence-electron chi connectivity index (χ4n) is 5.19. The molecule has 0 saturated carbocycles. The third-order valence-electron chi connectivity index (χ3n) is 7.56. The zero-order valence-electron chi connectivity index (χ0n) is 23.2. The fraction of sp³-hybridized carbons (Fsp3) is 0.355. The van der Waals surface area contributed by atoms with E-state index in [1.54, 1.807) is 12.1 Å². The fourth-order valence-corrected chi connectivity index (χ4v) is 5.34. The molecule has 3 aliphatic rings. The van der Waals surface area contributed by atoms with Gasteiger partial charge in [-0.1, -0.05) is 17.7 Å². The molecule has 0 bridgehead atoms. The van der Waals surface area contributed by atoms with Gasteiger partial charge in [0.15, 0.2) is 11.6 Å². The highest BCUT2D eigenvalue weighted by molar-refractivity contribution is 6.30. The summed E-state index contributed by atoms with van der Waals surface area (Å²) in [5.41, 5.74) is 3.03. The van der Waals surface area contributed by atoms with E-state index in [1.807, 2.05) is 30.3 Å². The van der Waals surface area contributed by atoms with Crippen LogP contribution in [0.3, 0.4) is 0 Å². The Kier molecular flexibility index (Phi) is 8.34. The molecule has 6 rings (SSSR count). The third-order valence-corrected chi connectivity index (χ3v) is 7.80. The number of methoxy groups -OCH3 is 1. The molecular formula is C31H32ClFN4O5. The van der Waals surface area contributed by atoms with Gasteiger partial charge in [-0.05, 0) is 48.9 Å². The van der Waals surface area contributed by atoms with Crippen molar-refractivity contribution in [2.45, 2.75) is 38.1 Å². The van der Waals surface area contributed by atoms with Gasteiger partial charge in [0.25, 0.3) is 0 Å². The SMILES string of the molecule is COC(=O)c1ccc2c(c1)N(C[C@@H]1CCO1)C(=CN1CCC(Oc3cccc(COc4ccc(Cl)cc4F)n3)CC1)N2. The number of pyridine rings is 1. The van der Waals surface area contributed by atoms with E-state index >= 15 is 0 Å². The van der Waals surface area contributed by atoms with Gasteiger partial charge in [0.05, 0.1) is 42.4 Å². The summed E-state index contributed by atoms with van der Waals surface area (Å²) in [6.07, 6.45) is 4.98.